The van der Waals surface area contributed by atoms with Gasteiger partial charge in [-0.25, -0.2) is 9.78 Å². The minimum absolute atomic E-state index is 0.162. The molecule has 2 aromatic rings. The molecule has 92 valence electrons. The number of anilines is 2. The number of aromatic nitrogens is 1. The van der Waals surface area contributed by atoms with Gasteiger partial charge in [-0.1, -0.05) is 0 Å². The molecule has 0 aliphatic carbocycles. The molecule has 0 unspecified atom stereocenters. The van der Waals surface area contributed by atoms with Crippen LogP contribution in [0.25, 0.3) is 0 Å². The van der Waals surface area contributed by atoms with Crippen LogP contribution >= 0.6 is 0 Å². The molecule has 0 amide bonds. The highest BCUT2D eigenvalue weighted by Crippen LogP contribution is 2.18. The van der Waals surface area contributed by atoms with E-state index in [1.54, 1.807) is 13.2 Å². The average molecular weight is 244 g/mol. The summed E-state index contributed by atoms with van der Waals surface area (Å²) in [5, 5.41) is 11.8. The average Bonchev–Trinajstić information content (AvgIpc) is 2.40. The van der Waals surface area contributed by atoms with E-state index in [0.29, 0.717) is 5.82 Å². The number of carboxylic acid groups (broad SMARTS) is 1. The van der Waals surface area contributed by atoms with Crippen LogP contribution in [-0.4, -0.2) is 23.2 Å². The third-order valence-electron chi connectivity index (χ3n) is 2.37. The van der Waals surface area contributed by atoms with Gasteiger partial charge in [0.05, 0.1) is 12.7 Å². The number of nitrogens with one attached hydrogen (secondary N) is 1. The van der Waals surface area contributed by atoms with Crippen LogP contribution in [0.5, 0.6) is 5.75 Å². The summed E-state index contributed by atoms with van der Waals surface area (Å²) in [5.74, 6) is 0.374. The van der Waals surface area contributed by atoms with E-state index in [9.17, 15) is 4.79 Å². The van der Waals surface area contributed by atoms with Crippen LogP contribution in [0.3, 0.4) is 0 Å². The van der Waals surface area contributed by atoms with Crippen LogP contribution in [0.1, 0.15) is 10.4 Å². The van der Waals surface area contributed by atoms with E-state index in [2.05, 4.69) is 10.3 Å². The summed E-state index contributed by atoms with van der Waals surface area (Å²) in [6, 6.07) is 10.5. The Bertz CT molecular complexity index is 535. The predicted molar refractivity (Wildman–Crippen MR) is 67.5 cm³/mol. The number of carboxylic acids is 1. The summed E-state index contributed by atoms with van der Waals surface area (Å²) < 4.78 is 5.05. The highest BCUT2D eigenvalue weighted by molar-refractivity contribution is 5.87. The Balaban J connectivity index is 2.10. The van der Waals surface area contributed by atoms with E-state index in [0.717, 1.165) is 11.4 Å². The quantitative estimate of drug-likeness (QED) is 0.864. The number of carbonyl (C=O) groups is 1. The summed E-state index contributed by atoms with van der Waals surface area (Å²) in [7, 11) is 1.61. The van der Waals surface area contributed by atoms with E-state index in [1.807, 2.05) is 24.3 Å². The molecule has 1 aromatic heterocycles. The van der Waals surface area contributed by atoms with Gasteiger partial charge in [0.25, 0.3) is 0 Å². The minimum atomic E-state index is -0.988. The lowest BCUT2D eigenvalue weighted by molar-refractivity contribution is 0.0696. The summed E-state index contributed by atoms with van der Waals surface area (Å²) >= 11 is 0. The molecule has 2 N–H and O–H groups in total. The number of aromatic carboxylic acids is 1. The van der Waals surface area contributed by atoms with Gasteiger partial charge in [-0.05, 0) is 36.4 Å². The summed E-state index contributed by atoms with van der Waals surface area (Å²) in [6.45, 7) is 0. The molecular formula is C13H12N2O3. The molecule has 5 nitrogen and oxygen atoms in total. The minimum Gasteiger partial charge on any atom is -0.497 e. The zero-order chi connectivity index (χ0) is 13.0. The Kier molecular flexibility index (Phi) is 3.43. The maximum Gasteiger partial charge on any atom is 0.337 e. The maximum absolute atomic E-state index is 10.7. The number of benzene rings is 1. The number of pyridine rings is 1. The van der Waals surface area contributed by atoms with Gasteiger partial charge in [0.2, 0.25) is 0 Å². The molecule has 0 aliphatic heterocycles. The van der Waals surface area contributed by atoms with Gasteiger partial charge >= 0.3 is 5.97 Å². The molecule has 0 saturated carbocycles. The normalized spacial score (nSPS) is 9.83. The van der Waals surface area contributed by atoms with Gasteiger partial charge in [-0.15, -0.1) is 0 Å². The first kappa shape index (κ1) is 11.9. The monoisotopic (exact) mass is 244 g/mol. The second kappa shape index (κ2) is 5.18. The second-order valence-electron chi connectivity index (χ2n) is 3.59. The first-order valence-corrected chi connectivity index (χ1v) is 5.29. The van der Waals surface area contributed by atoms with E-state index in [1.165, 1.54) is 12.3 Å². The van der Waals surface area contributed by atoms with Crippen molar-refractivity contribution in [3.05, 3.63) is 48.2 Å². The first-order chi connectivity index (χ1) is 8.69. The van der Waals surface area contributed by atoms with Crippen LogP contribution in [0.4, 0.5) is 11.5 Å². The lowest BCUT2D eigenvalue weighted by atomic mass is 10.2. The number of ether oxygens (including phenoxy) is 1. The number of methoxy groups -OCH3 is 1. The Morgan fingerprint density at radius 1 is 1.22 bits per heavy atom. The highest BCUT2D eigenvalue weighted by Gasteiger charge is 2.03. The third kappa shape index (κ3) is 2.76. The van der Waals surface area contributed by atoms with Gasteiger partial charge in [0.1, 0.15) is 11.6 Å². The number of rotatable bonds is 4. The van der Waals surface area contributed by atoms with Crippen LogP contribution in [0.2, 0.25) is 0 Å². The molecule has 0 fully saturated rings. The molecule has 0 spiro atoms. The Labute approximate surface area is 104 Å². The topological polar surface area (TPSA) is 71.5 Å². The molecule has 0 radical (unpaired) electrons. The van der Waals surface area contributed by atoms with Crippen molar-refractivity contribution >= 4 is 17.5 Å². The highest BCUT2D eigenvalue weighted by atomic mass is 16.5. The van der Waals surface area contributed by atoms with Crippen molar-refractivity contribution in [3.63, 3.8) is 0 Å². The fourth-order valence-corrected chi connectivity index (χ4v) is 1.42. The maximum atomic E-state index is 10.7. The van der Waals surface area contributed by atoms with Gasteiger partial charge in [0.15, 0.2) is 0 Å². The van der Waals surface area contributed by atoms with Crippen LogP contribution in [0, 0.1) is 0 Å². The van der Waals surface area contributed by atoms with Crippen molar-refractivity contribution in [1.82, 2.24) is 4.98 Å². The predicted octanol–water partition coefficient (Wildman–Crippen LogP) is 2.53. The Morgan fingerprint density at radius 3 is 2.44 bits per heavy atom. The number of hydrogen-bond acceptors (Lipinski definition) is 4. The van der Waals surface area contributed by atoms with E-state index < -0.39 is 5.97 Å². The van der Waals surface area contributed by atoms with Crippen molar-refractivity contribution in [2.45, 2.75) is 0 Å². The van der Waals surface area contributed by atoms with E-state index >= 15 is 0 Å². The largest absolute Gasteiger partial charge is 0.497 e. The van der Waals surface area contributed by atoms with E-state index in [-0.39, 0.29) is 5.56 Å². The first-order valence-electron chi connectivity index (χ1n) is 5.29. The Hall–Kier alpha value is -2.56. The molecular weight excluding hydrogens is 232 g/mol. The molecule has 0 saturated heterocycles. The SMILES string of the molecule is COc1ccc(Nc2ccc(C(=O)O)cn2)cc1. The summed E-state index contributed by atoms with van der Waals surface area (Å²) in [6.07, 6.45) is 1.31. The fraction of sp³-hybridized carbons (Fsp3) is 0.0769. The van der Waals surface area contributed by atoms with Gasteiger partial charge < -0.3 is 15.2 Å². The zero-order valence-corrected chi connectivity index (χ0v) is 9.75. The lowest BCUT2D eigenvalue weighted by Gasteiger charge is -2.06. The second-order valence-corrected chi connectivity index (χ2v) is 3.59. The molecule has 0 aliphatic rings. The van der Waals surface area contributed by atoms with Gasteiger partial charge in [-0.3, -0.25) is 0 Å². The van der Waals surface area contributed by atoms with E-state index in [4.69, 9.17) is 9.84 Å². The molecule has 0 atom stereocenters. The standard InChI is InChI=1S/C13H12N2O3/c1-18-11-5-3-10(4-6-11)15-12-7-2-9(8-14-12)13(16)17/h2-8H,1H3,(H,14,15)(H,16,17). The summed E-state index contributed by atoms with van der Waals surface area (Å²) in [4.78, 5) is 14.7. The van der Waals surface area contributed by atoms with Gasteiger partial charge in [-0.2, -0.15) is 0 Å². The van der Waals surface area contributed by atoms with Crippen molar-refractivity contribution < 1.29 is 14.6 Å². The van der Waals surface area contributed by atoms with Crippen molar-refractivity contribution in [3.8, 4) is 5.75 Å². The molecule has 0 bridgehead atoms. The van der Waals surface area contributed by atoms with Crippen LogP contribution in [0.15, 0.2) is 42.6 Å². The Morgan fingerprint density at radius 2 is 1.94 bits per heavy atom. The fourth-order valence-electron chi connectivity index (χ4n) is 1.42. The summed E-state index contributed by atoms with van der Waals surface area (Å²) in [5.41, 5.74) is 1.02. The van der Waals surface area contributed by atoms with Crippen LogP contribution < -0.4 is 10.1 Å². The molecule has 1 heterocycles. The number of nitrogens with zero attached hydrogens (tertiary/aromatic N) is 1. The van der Waals surface area contributed by atoms with Gasteiger partial charge in [0, 0.05) is 11.9 Å². The third-order valence-corrected chi connectivity index (χ3v) is 2.37. The lowest BCUT2D eigenvalue weighted by Crippen LogP contribution is -1.99. The smallest absolute Gasteiger partial charge is 0.337 e. The van der Waals surface area contributed by atoms with Crippen molar-refractivity contribution in [2.24, 2.45) is 0 Å². The van der Waals surface area contributed by atoms with Crippen molar-refractivity contribution in [2.75, 3.05) is 12.4 Å². The number of hydrogen-bond donors (Lipinski definition) is 2. The molecule has 5 heteroatoms. The molecule has 1 aromatic carbocycles. The van der Waals surface area contributed by atoms with Crippen molar-refractivity contribution in [1.29, 1.82) is 0 Å². The molecule has 2 rings (SSSR count). The molecule has 18 heavy (non-hydrogen) atoms. The zero-order valence-electron chi connectivity index (χ0n) is 9.75. The van der Waals surface area contributed by atoms with Crippen LogP contribution in [-0.2, 0) is 0 Å².